The first-order valence-electron chi connectivity index (χ1n) is 5.44. The highest BCUT2D eigenvalue weighted by atomic mass is 35.5. The van der Waals surface area contributed by atoms with Crippen LogP contribution in [-0.4, -0.2) is 48.5 Å². The van der Waals surface area contributed by atoms with Gasteiger partial charge in [-0.05, 0) is 6.07 Å². The molecule has 2 heterocycles. The van der Waals surface area contributed by atoms with Crippen molar-refractivity contribution in [3.8, 4) is 0 Å². The molecular formula is C11H15Cl2N3. The van der Waals surface area contributed by atoms with Gasteiger partial charge in [0, 0.05) is 51.0 Å². The summed E-state index contributed by atoms with van der Waals surface area (Å²) in [6.45, 7) is 5.07. The highest BCUT2D eigenvalue weighted by Crippen LogP contribution is 2.24. The lowest BCUT2D eigenvalue weighted by Crippen LogP contribution is -2.47. The molecule has 3 nitrogen and oxygen atoms in total. The van der Waals surface area contributed by atoms with Gasteiger partial charge in [-0.3, -0.25) is 9.88 Å². The number of anilines is 1. The van der Waals surface area contributed by atoms with Crippen LogP contribution in [0.2, 0.25) is 5.02 Å². The van der Waals surface area contributed by atoms with Crippen LogP contribution in [0.3, 0.4) is 0 Å². The highest BCUT2D eigenvalue weighted by molar-refractivity contribution is 6.33. The molecule has 5 heteroatoms. The molecule has 0 spiro atoms. The van der Waals surface area contributed by atoms with Gasteiger partial charge in [0.15, 0.2) is 0 Å². The first-order chi connectivity index (χ1) is 7.81. The normalized spacial score (nSPS) is 17.8. The maximum absolute atomic E-state index is 6.12. The van der Waals surface area contributed by atoms with Crippen molar-refractivity contribution in [3.05, 3.63) is 23.5 Å². The molecule has 1 aliphatic heterocycles. The Hall–Kier alpha value is -0.510. The lowest BCUT2D eigenvalue weighted by Gasteiger charge is -2.36. The Kier molecular flexibility index (Phi) is 4.27. The Morgan fingerprint density at radius 1 is 1.25 bits per heavy atom. The molecule has 0 bridgehead atoms. The van der Waals surface area contributed by atoms with E-state index in [-0.39, 0.29) is 0 Å². The minimum absolute atomic E-state index is 0.704. The highest BCUT2D eigenvalue weighted by Gasteiger charge is 2.17. The van der Waals surface area contributed by atoms with Gasteiger partial charge in [0.25, 0.3) is 0 Å². The Balaban J connectivity index is 1.96. The second-order valence-corrected chi connectivity index (χ2v) is 4.63. The number of nitrogens with zero attached hydrogens (tertiary/aromatic N) is 3. The molecule has 2 rings (SSSR count). The summed E-state index contributed by atoms with van der Waals surface area (Å²) in [7, 11) is 0. The number of rotatable bonds is 3. The molecule has 1 fully saturated rings. The number of aromatic nitrogens is 1. The van der Waals surface area contributed by atoms with Gasteiger partial charge in [0.2, 0.25) is 0 Å². The van der Waals surface area contributed by atoms with Gasteiger partial charge in [-0.15, -0.1) is 11.6 Å². The number of halogens is 2. The molecule has 88 valence electrons. The molecule has 0 radical (unpaired) electrons. The molecular weight excluding hydrogens is 245 g/mol. The molecule has 1 aliphatic rings. The molecule has 1 saturated heterocycles. The van der Waals surface area contributed by atoms with Crippen LogP contribution in [0, 0.1) is 0 Å². The smallest absolute Gasteiger partial charge is 0.0822 e. The van der Waals surface area contributed by atoms with Crippen LogP contribution in [0.25, 0.3) is 0 Å². The van der Waals surface area contributed by atoms with Crippen LogP contribution in [0.4, 0.5) is 5.69 Å². The van der Waals surface area contributed by atoms with Crippen LogP contribution in [0.1, 0.15) is 0 Å². The number of hydrogen-bond acceptors (Lipinski definition) is 3. The Bertz CT molecular complexity index is 338. The van der Waals surface area contributed by atoms with Gasteiger partial charge >= 0.3 is 0 Å². The largest absolute Gasteiger partial charge is 0.368 e. The van der Waals surface area contributed by atoms with E-state index in [1.54, 1.807) is 12.4 Å². The molecule has 0 N–H and O–H groups in total. The summed E-state index contributed by atoms with van der Waals surface area (Å²) in [5, 5.41) is 0.730. The van der Waals surface area contributed by atoms with Gasteiger partial charge in [-0.2, -0.15) is 0 Å². The van der Waals surface area contributed by atoms with E-state index in [0.717, 1.165) is 43.4 Å². The molecule has 0 unspecified atom stereocenters. The number of piperazine rings is 1. The maximum Gasteiger partial charge on any atom is 0.0822 e. The van der Waals surface area contributed by atoms with Gasteiger partial charge < -0.3 is 4.90 Å². The average Bonchev–Trinajstić information content (AvgIpc) is 2.31. The Morgan fingerprint density at radius 3 is 2.62 bits per heavy atom. The second-order valence-electron chi connectivity index (χ2n) is 3.84. The molecule has 0 amide bonds. The van der Waals surface area contributed by atoms with E-state index in [1.807, 2.05) is 6.07 Å². The summed E-state index contributed by atoms with van der Waals surface area (Å²) in [5.74, 6) is 0.704. The topological polar surface area (TPSA) is 19.4 Å². The summed E-state index contributed by atoms with van der Waals surface area (Å²) in [4.78, 5) is 8.67. The molecule has 16 heavy (non-hydrogen) atoms. The summed E-state index contributed by atoms with van der Waals surface area (Å²) >= 11 is 11.8. The third-order valence-corrected chi connectivity index (χ3v) is 3.33. The third kappa shape index (κ3) is 2.78. The summed E-state index contributed by atoms with van der Waals surface area (Å²) in [6, 6.07) is 1.97. The van der Waals surface area contributed by atoms with Crippen LogP contribution in [0.15, 0.2) is 18.5 Å². The van der Waals surface area contributed by atoms with Crippen molar-refractivity contribution in [2.75, 3.05) is 43.5 Å². The maximum atomic E-state index is 6.12. The Labute approximate surface area is 106 Å². The molecule has 1 aromatic rings. The van der Waals surface area contributed by atoms with Crippen LogP contribution in [0.5, 0.6) is 0 Å². The number of pyridine rings is 1. The van der Waals surface area contributed by atoms with E-state index in [1.165, 1.54) is 0 Å². The number of alkyl halides is 1. The average molecular weight is 260 g/mol. The second kappa shape index (κ2) is 5.71. The molecule has 0 saturated carbocycles. The van der Waals surface area contributed by atoms with Gasteiger partial charge in [-0.1, -0.05) is 11.6 Å². The van der Waals surface area contributed by atoms with Crippen LogP contribution in [-0.2, 0) is 0 Å². The zero-order chi connectivity index (χ0) is 11.4. The Morgan fingerprint density at radius 2 is 2.00 bits per heavy atom. The fraction of sp³-hybridized carbons (Fsp3) is 0.545. The van der Waals surface area contributed by atoms with Crippen molar-refractivity contribution >= 4 is 28.9 Å². The summed E-state index contributed by atoms with van der Waals surface area (Å²) in [5.41, 5.74) is 1.09. The van der Waals surface area contributed by atoms with Crippen molar-refractivity contribution < 1.29 is 0 Å². The fourth-order valence-corrected chi connectivity index (χ4v) is 2.43. The third-order valence-electron chi connectivity index (χ3n) is 2.86. The zero-order valence-corrected chi connectivity index (χ0v) is 10.6. The summed E-state index contributed by atoms with van der Waals surface area (Å²) < 4.78 is 0. The van der Waals surface area contributed by atoms with Crippen molar-refractivity contribution in [2.24, 2.45) is 0 Å². The SMILES string of the molecule is ClCCN1CCN(c2ccncc2Cl)CC1. The van der Waals surface area contributed by atoms with Crippen molar-refractivity contribution in [3.63, 3.8) is 0 Å². The van der Waals surface area contributed by atoms with Crippen molar-refractivity contribution in [2.45, 2.75) is 0 Å². The molecule has 0 aliphatic carbocycles. The minimum Gasteiger partial charge on any atom is -0.368 e. The van der Waals surface area contributed by atoms with E-state index in [0.29, 0.717) is 5.88 Å². The van der Waals surface area contributed by atoms with Gasteiger partial charge in [0.05, 0.1) is 10.7 Å². The first-order valence-corrected chi connectivity index (χ1v) is 6.35. The standard InChI is InChI=1S/C11H15Cl2N3/c12-2-4-15-5-7-16(8-6-15)11-1-3-14-9-10(11)13/h1,3,9H,2,4-8H2. The van der Waals surface area contributed by atoms with E-state index in [2.05, 4.69) is 14.8 Å². The van der Waals surface area contributed by atoms with Gasteiger partial charge in [0.1, 0.15) is 0 Å². The van der Waals surface area contributed by atoms with Crippen molar-refractivity contribution in [1.82, 2.24) is 9.88 Å². The summed E-state index contributed by atoms with van der Waals surface area (Å²) in [6.07, 6.45) is 3.48. The predicted octanol–water partition coefficient (Wildman–Crippen LogP) is 2.10. The lowest BCUT2D eigenvalue weighted by molar-refractivity contribution is 0.272. The van der Waals surface area contributed by atoms with E-state index in [9.17, 15) is 0 Å². The molecule has 1 aromatic heterocycles. The van der Waals surface area contributed by atoms with E-state index < -0.39 is 0 Å². The first kappa shape index (κ1) is 12.0. The van der Waals surface area contributed by atoms with Crippen molar-refractivity contribution in [1.29, 1.82) is 0 Å². The predicted molar refractivity (Wildman–Crippen MR) is 68.6 cm³/mol. The molecule has 0 aromatic carbocycles. The minimum atomic E-state index is 0.704. The fourth-order valence-electron chi connectivity index (χ4n) is 1.96. The number of hydrogen-bond donors (Lipinski definition) is 0. The zero-order valence-electron chi connectivity index (χ0n) is 9.07. The van der Waals surface area contributed by atoms with Crippen LogP contribution < -0.4 is 4.90 Å². The quantitative estimate of drug-likeness (QED) is 0.776. The lowest BCUT2D eigenvalue weighted by atomic mass is 10.2. The van der Waals surface area contributed by atoms with Gasteiger partial charge in [-0.25, -0.2) is 0 Å². The van der Waals surface area contributed by atoms with Crippen LogP contribution >= 0.6 is 23.2 Å². The van der Waals surface area contributed by atoms with E-state index >= 15 is 0 Å². The van der Waals surface area contributed by atoms with E-state index in [4.69, 9.17) is 23.2 Å². The monoisotopic (exact) mass is 259 g/mol. The molecule has 0 atom stereocenters.